The molecular weight excluding hydrogens is 465 g/mol. The smallest absolute Gasteiger partial charge is 0.433 e. The molecule has 0 spiro atoms. The quantitative estimate of drug-likeness (QED) is 0.516. The van der Waals surface area contributed by atoms with E-state index in [0.29, 0.717) is 31.4 Å². The molecule has 6 nitrogen and oxygen atoms in total. The molecule has 1 aliphatic rings. The lowest BCUT2D eigenvalue weighted by Crippen LogP contribution is -2.32. The van der Waals surface area contributed by atoms with Gasteiger partial charge in [0.05, 0.1) is 10.6 Å². The topological polar surface area (TPSA) is 90.8 Å². The van der Waals surface area contributed by atoms with Gasteiger partial charge in [-0.25, -0.2) is 15.0 Å². The maximum atomic E-state index is 13.0. The number of aliphatic carboxylic acids is 1. The molecule has 0 saturated heterocycles. The van der Waals surface area contributed by atoms with Crippen molar-refractivity contribution >= 4 is 34.5 Å². The molecule has 0 saturated carbocycles. The maximum absolute atomic E-state index is 13.0. The number of hydrogen-bond acceptors (Lipinski definition) is 7. The fourth-order valence-corrected chi connectivity index (χ4v) is 5.10. The van der Waals surface area contributed by atoms with Gasteiger partial charge in [-0.1, -0.05) is 19.1 Å². The van der Waals surface area contributed by atoms with Crippen LogP contribution in [-0.4, -0.2) is 20.9 Å². The second-order valence-corrected chi connectivity index (χ2v) is 9.14. The Morgan fingerprint density at radius 2 is 2.06 bits per heavy atom. The molecular formula is C24H22F3N4O2S-. The molecule has 178 valence electrons. The van der Waals surface area contributed by atoms with Gasteiger partial charge in [-0.3, -0.25) is 0 Å². The van der Waals surface area contributed by atoms with Crippen molar-refractivity contribution in [3.63, 3.8) is 0 Å². The standard InChI is InChI=1S/C24H23F3N4O2S/c1-3-18-20(34-21(30-18)14-4-6-15(7-5-14)22(32)33)16-10-13(2)11-17(12-16)29-23-28-9-8-19(31-23)24(25,26)27/h4,8-12,15H,3,5-7H2,1-2H3,(H,32,33)(H,28,29,31)/p-1. The number of aryl methyl sites for hydroxylation is 2. The van der Waals surface area contributed by atoms with Crippen molar-refractivity contribution in [3.05, 3.63) is 58.5 Å². The van der Waals surface area contributed by atoms with Gasteiger partial charge in [-0.15, -0.1) is 11.3 Å². The average molecular weight is 488 g/mol. The largest absolute Gasteiger partial charge is 0.550 e. The highest BCUT2D eigenvalue weighted by Crippen LogP contribution is 2.39. The number of allylic oxidation sites excluding steroid dienone is 2. The Morgan fingerprint density at radius 1 is 1.26 bits per heavy atom. The minimum Gasteiger partial charge on any atom is -0.550 e. The van der Waals surface area contributed by atoms with E-state index in [1.54, 1.807) is 0 Å². The molecule has 1 atom stereocenters. The van der Waals surface area contributed by atoms with Gasteiger partial charge in [-0.2, -0.15) is 13.2 Å². The van der Waals surface area contributed by atoms with Crippen molar-refractivity contribution in [1.82, 2.24) is 15.0 Å². The number of anilines is 2. The average Bonchev–Trinajstić information content (AvgIpc) is 3.23. The van der Waals surface area contributed by atoms with Gasteiger partial charge in [0.25, 0.3) is 0 Å². The number of carbonyl (C=O) groups is 1. The maximum Gasteiger partial charge on any atom is 0.433 e. The number of nitrogens with zero attached hydrogens (tertiary/aromatic N) is 3. The molecule has 0 fully saturated rings. The van der Waals surface area contributed by atoms with Gasteiger partial charge in [0.1, 0.15) is 10.7 Å². The van der Waals surface area contributed by atoms with Crippen LogP contribution in [0.15, 0.2) is 36.5 Å². The zero-order chi connectivity index (χ0) is 24.5. The van der Waals surface area contributed by atoms with Crippen molar-refractivity contribution in [1.29, 1.82) is 0 Å². The Kier molecular flexibility index (Phi) is 6.70. The van der Waals surface area contributed by atoms with Crippen LogP contribution in [0.3, 0.4) is 0 Å². The molecule has 34 heavy (non-hydrogen) atoms. The van der Waals surface area contributed by atoms with E-state index in [0.717, 1.165) is 44.5 Å². The van der Waals surface area contributed by atoms with Crippen molar-refractivity contribution < 1.29 is 23.1 Å². The van der Waals surface area contributed by atoms with E-state index in [4.69, 9.17) is 4.98 Å². The predicted molar refractivity (Wildman–Crippen MR) is 122 cm³/mol. The van der Waals surface area contributed by atoms with Crippen LogP contribution < -0.4 is 10.4 Å². The van der Waals surface area contributed by atoms with Crippen LogP contribution in [-0.2, 0) is 17.4 Å². The number of thiazole rings is 1. The molecule has 0 radical (unpaired) electrons. The van der Waals surface area contributed by atoms with E-state index < -0.39 is 23.8 Å². The number of alkyl halides is 3. The summed E-state index contributed by atoms with van der Waals surface area (Å²) in [6.07, 6.45) is 0.740. The van der Waals surface area contributed by atoms with Gasteiger partial charge >= 0.3 is 6.18 Å². The molecule has 1 aliphatic carbocycles. The Labute approximate surface area is 198 Å². The fourth-order valence-electron chi connectivity index (χ4n) is 3.89. The van der Waals surface area contributed by atoms with Gasteiger partial charge in [0, 0.05) is 23.8 Å². The van der Waals surface area contributed by atoms with Gasteiger partial charge in [-0.05, 0) is 67.5 Å². The summed E-state index contributed by atoms with van der Waals surface area (Å²) >= 11 is 1.53. The first-order valence-electron chi connectivity index (χ1n) is 10.8. The third-order valence-corrected chi connectivity index (χ3v) is 6.82. The second-order valence-electron chi connectivity index (χ2n) is 8.14. The lowest BCUT2D eigenvalue weighted by molar-refractivity contribution is -0.311. The molecule has 0 bridgehead atoms. The summed E-state index contributed by atoms with van der Waals surface area (Å²) in [5.41, 5.74) is 3.30. The predicted octanol–water partition coefficient (Wildman–Crippen LogP) is 5.17. The van der Waals surface area contributed by atoms with Gasteiger partial charge < -0.3 is 15.2 Å². The van der Waals surface area contributed by atoms with E-state index in [1.807, 2.05) is 38.1 Å². The number of rotatable bonds is 6. The SMILES string of the molecule is CCc1nc(C2=CCC(C(=O)[O-])CC2)sc1-c1cc(C)cc(Nc2nccc(C(F)(F)F)n2)c1. The van der Waals surface area contributed by atoms with E-state index in [-0.39, 0.29) is 5.95 Å². The molecule has 2 heterocycles. The lowest BCUT2D eigenvalue weighted by atomic mass is 9.90. The number of nitrogens with one attached hydrogen (secondary N) is 1. The van der Waals surface area contributed by atoms with Crippen LogP contribution >= 0.6 is 11.3 Å². The van der Waals surface area contributed by atoms with E-state index in [1.165, 1.54) is 11.3 Å². The summed E-state index contributed by atoms with van der Waals surface area (Å²) in [5, 5.41) is 14.9. The highest BCUT2D eigenvalue weighted by atomic mass is 32.1. The summed E-state index contributed by atoms with van der Waals surface area (Å²) in [4.78, 5) is 24.4. The van der Waals surface area contributed by atoms with Gasteiger partial charge in [0.2, 0.25) is 5.95 Å². The highest BCUT2D eigenvalue weighted by molar-refractivity contribution is 7.16. The number of carboxylic acids is 1. The van der Waals surface area contributed by atoms with E-state index >= 15 is 0 Å². The Hall–Kier alpha value is -3.27. The number of hydrogen-bond donors (Lipinski definition) is 1. The molecule has 10 heteroatoms. The Balaban J connectivity index is 1.64. The van der Waals surface area contributed by atoms with Crippen LogP contribution in [0.25, 0.3) is 16.0 Å². The second kappa shape index (κ2) is 9.54. The van der Waals surface area contributed by atoms with Crippen LogP contribution in [0.5, 0.6) is 0 Å². The minimum absolute atomic E-state index is 0.137. The summed E-state index contributed by atoms with van der Waals surface area (Å²) in [7, 11) is 0. The van der Waals surface area contributed by atoms with Crippen LogP contribution in [0.4, 0.5) is 24.8 Å². The van der Waals surface area contributed by atoms with Crippen molar-refractivity contribution in [2.75, 3.05) is 5.32 Å². The lowest BCUT2D eigenvalue weighted by Gasteiger charge is -2.21. The molecule has 1 aromatic carbocycles. The first-order chi connectivity index (χ1) is 16.1. The molecule has 3 aromatic rings. The monoisotopic (exact) mass is 487 g/mol. The van der Waals surface area contributed by atoms with Gasteiger partial charge in [0.15, 0.2) is 0 Å². The molecule has 0 aliphatic heterocycles. The van der Waals surface area contributed by atoms with Crippen LogP contribution in [0.1, 0.15) is 48.1 Å². The number of aromatic nitrogens is 3. The van der Waals surface area contributed by atoms with Crippen LogP contribution in [0.2, 0.25) is 0 Å². The number of benzene rings is 1. The summed E-state index contributed by atoms with van der Waals surface area (Å²) in [6, 6.07) is 6.48. The van der Waals surface area contributed by atoms with Crippen molar-refractivity contribution in [3.8, 4) is 10.4 Å². The number of halogens is 3. The zero-order valence-electron chi connectivity index (χ0n) is 18.6. The Bertz CT molecular complexity index is 1250. The third-order valence-electron chi connectivity index (χ3n) is 5.59. The summed E-state index contributed by atoms with van der Waals surface area (Å²) in [6.45, 7) is 3.91. The molecule has 4 rings (SSSR count). The molecule has 1 N–H and O–H groups in total. The first-order valence-corrected chi connectivity index (χ1v) is 11.6. The molecule has 2 aromatic heterocycles. The van der Waals surface area contributed by atoms with Crippen LogP contribution in [0, 0.1) is 12.8 Å². The van der Waals surface area contributed by atoms with Crippen molar-refractivity contribution in [2.24, 2.45) is 5.92 Å². The first kappa shape index (κ1) is 23.9. The minimum atomic E-state index is -4.55. The summed E-state index contributed by atoms with van der Waals surface area (Å²) in [5.74, 6) is -1.62. The summed E-state index contributed by atoms with van der Waals surface area (Å²) < 4.78 is 39.0. The van der Waals surface area contributed by atoms with Crippen molar-refractivity contribution in [2.45, 2.75) is 45.7 Å². The van der Waals surface area contributed by atoms with E-state index in [2.05, 4.69) is 15.3 Å². The zero-order valence-corrected chi connectivity index (χ0v) is 19.4. The number of carbonyl (C=O) groups excluding carboxylic acids is 1. The molecule has 0 amide bonds. The van der Waals surface area contributed by atoms with E-state index in [9.17, 15) is 23.1 Å². The molecule has 1 unspecified atom stereocenters. The highest BCUT2D eigenvalue weighted by Gasteiger charge is 2.32. The number of carboxylic acid groups (broad SMARTS) is 1. The Morgan fingerprint density at radius 3 is 2.71 bits per heavy atom. The fraction of sp³-hybridized carbons (Fsp3) is 0.333. The third kappa shape index (κ3) is 5.27. The normalized spacial score (nSPS) is 16.3.